The van der Waals surface area contributed by atoms with Crippen LogP contribution in [0.2, 0.25) is 0 Å². The largest absolute Gasteiger partial charge is 0.508 e. The van der Waals surface area contributed by atoms with Crippen LogP contribution >= 0.6 is 11.8 Å². The molecule has 0 aromatic heterocycles. The van der Waals surface area contributed by atoms with Crippen LogP contribution in [0.4, 0.5) is 4.39 Å². The first-order valence-electron chi connectivity index (χ1n) is 9.10. The molecule has 1 amide bonds. The number of thioether (sulfide) groups is 1. The summed E-state index contributed by atoms with van der Waals surface area (Å²) < 4.78 is 13.0. The van der Waals surface area contributed by atoms with Crippen molar-refractivity contribution in [1.82, 2.24) is 9.80 Å². The number of nitrogens with zero attached hydrogens (tertiary/aromatic N) is 3. The number of aliphatic imine (C=N–C) groups is 1. The fraction of sp³-hybridized carbons (Fsp3) is 0.238. The van der Waals surface area contributed by atoms with Gasteiger partial charge in [-0.15, -0.1) is 0 Å². The summed E-state index contributed by atoms with van der Waals surface area (Å²) in [6.07, 6.45) is 1.80. The van der Waals surface area contributed by atoms with Gasteiger partial charge >= 0.3 is 0 Å². The summed E-state index contributed by atoms with van der Waals surface area (Å²) in [6.45, 7) is 4.11. The minimum atomic E-state index is -0.221. The quantitative estimate of drug-likeness (QED) is 0.806. The Morgan fingerprint density at radius 1 is 1.04 bits per heavy atom. The molecule has 7 heteroatoms. The van der Waals surface area contributed by atoms with Gasteiger partial charge < -0.3 is 10.0 Å². The van der Waals surface area contributed by atoms with E-state index < -0.39 is 0 Å². The number of aromatic hydroxyl groups is 1. The minimum absolute atomic E-state index is 0.197. The van der Waals surface area contributed by atoms with Gasteiger partial charge in [0, 0.05) is 32.7 Å². The number of hydrogen-bond acceptors (Lipinski definition) is 5. The lowest BCUT2D eigenvalue weighted by atomic mass is 10.2. The van der Waals surface area contributed by atoms with Crippen molar-refractivity contribution in [2.75, 3.05) is 26.2 Å². The van der Waals surface area contributed by atoms with E-state index in [0.29, 0.717) is 4.91 Å². The fourth-order valence-corrected chi connectivity index (χ4v) is 4.17. The second-order valence-corrected chi connectivity index (χ2v) is 7.80. The highest BCUT2D eigenvalue weighted by atomic mass is 32.2. The first-order valence-corrected chi connectivity index (χ1v) is 9.92. The Morgan fingerprint density at radius 3 is 2.39 bits per heavy atom. The second kappa shape index (κ2) is 8.16. The summed E-state index contributed by atoms with van der Waals surface area (Å²) in [7, 11) is 0. The van der Waals surface area contributed by atoms with Gasteiger partial charge in [-0.1, -0.05) is 24.3 Å². The van der Waals surface area contributed by atoms with Gasteiger partial charge in [-0.2, -0.15) is 4.99 Å². The molecule has 2 aromatic rings. The molecule has 0 atom stereocenters. The third kappa shape index (κ3) is 4.43. The van der Waals surface area contributed by atoms with E-state index in [1.807, 2.05) is 12.1 Å². The van der Waals surface area contributed by atoms with Crippen LogP contribution in [0.15, 0.2) is 58.4 Å². The van der Waals surface area contributed by atoms with E-state index in [9.17, 15) is 14.3 Å². The van der Waals surface area contributed by atoms with Crippen LogP contribution < -0.4 is 0 Å². The predicted molar refractivity (Wildman–Crippen MR) is 109 cm³/mol. The van der Waals surface area contributed by atoms with E-state index in [1.165, 1.54) is 23.9 Å². The first-order chi connectivity index (χ1) is 13.6. The maximum absolute atomic E-state index is 13.0. The van der Waals surface area contributed by atoms with E-state index in [0.717, 1.165) is 49.0 Å². The van der Waals surface area contributed by atoms with Crippen LogP contribution in [0, 0.1) is 5.82 Å². The highest BCUT2D eigenvalue weighted by Gasteiger charge is 2.28. The summed E-state index contributed by atoms with van der Waals surface area (Å²) in [5.74, 6) is -0.240. The third-order valence-corrected chi connectivity index (χ3v) is 5.81. The molecule has 2 aromatic carbocycles. The number of carbonyl (C=O) groups excluding carboxylic acids is 1. The lowest BCUT2D eigenvalue weighted by Crippen LogP contribution is -2.47. The zero-order valence-electron chi connectivity index (χ0n) is 15.2. The molecule has 0 radical (unpaired) electrons. The van der Waals surface area contributed by atoms with Crippen molar-refractivity contribution in [1.29, 1.82) is 0 Å². The Balaban J connectivity index is 1.33. The van der Waals surface area contributed by atoms with Crippen molar-refractivity contribution in [3.05, 3.63) is 70.4 Å². The van der Waals surface area contributed by atoms with Crippen LogP contribution in [0.5, 0.6) is 5.75 Å². The molecule has 0 saturated carbocycles. The number of rotatable bonds is 3. The fourth-order valence-electron chi connectivity index (χ4n) is 3.20. The molecule has 0 unspecified atom stereocenters. The number of piperazine rings is 1. The van der Waals surface area contributed by atoms with E-state index >= 15 is 0 Å². The molecule has 0 spiro atoms. The van der Waals surface area contributed by atoms with Crippen LogP contribution in [-0.4, -0.2) is 52.2 Å². The molecule has 1 saturated heterocycles. The van der Waals surface area contributed by atoms with Crippen molar-refractivity contribution in [2.45, 2.75) is 6.54 Å². The Hall–Kier alpha value is -2.64. The van der Waals surface area contributed by atoms with Gasteiger partial charge in [0.1, 0.15) is 11.6 Å². The Labute approximate surface area is 167 Å². The van der Waals surface area contributed by atoms with Gasteiger partial charge in [0.25, 0.3) is 5.91 Å². The summed E-state index contributed by atoms with van der Waals surface area (Å²) in [5, 5.41) is 10.1. The molecule has 1 fully saturated rings. The summed E-state index contributed by atoms with van der Waals surface area (Å²) >= 11 is 1.40. The Morgan fingerprint density at radius 2 is 1.71 bits per heavy atom. The maximum Gasteiger partial charge on any atom is 0.286 e. The standard InChI is InChI=1S/C21H20FN3O2S/c22-17-5-1-16(2-6-17)14-24-9-11-25(12-10-24)21-23-20(27)19(28-21)13-15-3-7-18(26)8-4-15/h1-8,13,26H,9-12,14H2. The molecule has 2 aliphatic heterocycles. The lowest BCUT2D eigenvalue weighted by Gasteiger charge is -2.35. The molecule has 4 rings (SSSR count). The maximum atomic E-state index is 13.0. The van der Waals surface area contributed by atoms with E-state index in [4.69, 9.17) is 0 Å². The highest BCUT2D eigenvalue weighted by Crippen LogP contribution is 2.31. The van der Waals surface area contributed by atoms with E-state index in [-0.39, 0.29) is 17.5 Å². The average Bonchev–Trinajstić information content (AvgIpc) is 3.06. The second-order valence-electron chi connectivity index (χ2n) is 6.79. The van der Waals surface area contributed by atoms with Gasteiger partial charge in [-0.05, 0) is 53.2 Å². The highest BCUT2D eigenvalue weighted by molar-refractivity contribution is 8.18. The molecule has 2 aliphatic rings. The van der Waals surface area contributed by atoms with Crippen LogP contribution in [0.1, 0.15) is 11.1 Å². The molecular weight excluding hydrogens is 377 g/mol. The van der Waals surface area contributed by atoms with Crippen molar-refractivity contribution < 1.29 is 14.3 Å². The summed E-state index contributed by atoms with van der Waals surface area (Å²) in [4.78, 5) is 21.5. The van der Waals surface area contributed by atoms with E-state index in [2.05, 4.69) is 14.8 Å². The minimum Gasteiger partial charge on any atom is -0.508 e. The molecule has 0 bridgehead atoms. The topological polar surface area (TPSA) is 56.1 Å². The lowest BCUT2D eigenvalue weighted by molar-refractivity contribution is -0.113. The third-order valence-electron chi connectivity index (χ3n) is 4.76. The zero-order valence-corrected chi connectivity index (χ0v) is 16.0. The Bertz CT molecular complexity index is 918. The number of phenols is 1. The van der Waals surface area contributed by atoms with Crippen molar-refractivity contribution in [3.63, 3.8) is 0 Å². The first kappa shape index (κ1) is 18.7. The van der Waals surface area contributed by atoms with E-state index in [1.54, 1.807) is 30.3 Å². The average molecular weight is 397 g/mol. The number of phenolic OH excluding ortho intramolecular Hbond substituents is 1. The van der Waals surface area contributed by atoms with Gasteiger partial charge in [0.05, 0.1) is 4.91 Å². The molecule has 0 aliphatic carbocycles. The normalized spacial score (nSPS) is 19.3. The number of halogens is 1. The van der Waals surface area contributed by atoms with Gasteiger partial charge in [-0.25, -0.2) is 4.39 Å². The molecule has 1 N–H and O–H groups in total. The van der Waals surface area contributed by atoms with Crippen LogP contribution in [0.3, 0.4) is 0 Å². The Kier molecular flexibility index (Phi) is 5.45. The molecule has 28 heavy (non-hydrogen) atoms. The monoisotopic (exact) mass is 397 g/mol. The number of benzene rings is 2. The summed E-state index contributed by atoms with van der Waals surface area (Å²) in [6, 6.07) is 13.3. The smallest absolute Gasteiger partial charge is 0.286 e. The van der Waals surface area contributed by atoms with Crippen molar-refractivity contribution in [2.24, 2.45) is 4.99 Å². The van der Waals surface area contributed by atoms with Gasteiger partial charge in [0.15, 0.2) is 5.17 Å². The SMILES string of the molecule is O=C1N=C(N2CCN(Cc3ccc(F)cc3)CC2)SC1=Cc1ccc(O)cc1. The predicted octanol–water partition coefficient (Wildman–Crippen LogP) is 3.32. The van der Waals surface area contributed by atoms with Gasteiger partial charge in [-0.3, -0.25) is 9.69 Å². The molecule has 5 nitrogen and oxygen atoms in total. The molecule has 2 heterocycles. The number of hydrogen-bond donors (Lipinski definition) is 1. The van der Waals surface area contributed by atoms with Crippen molar-refractivity contribution in [3.8, 4) is 5.75 Å². The zero-order chi connectivity index (χ0) is 19.5. The number of amides is 1. The molecule has 144 valence electrons. The van der Waals surface area contributed by atoms with Gasteiger partial charge in [0.2, 0.25) is 0 Å². The number of carbonyl (C=O) groups is 1. The molecular formula is C21H20FN3O2S. The van der Waals surface area contributed by atoms with Crippen molar-refractivity contribution >= 4 is 28.9 Å². The number of amidine groups is 1. The summed E-state index contributed by atoms with van der Waals surface area (Å²) in [5.41, 5.74) is 1.95. The van der Waals surface area contributed by atoms with Crippen LogP contribution in [-0.2, 0) is 11.3 Å². The van der Waals surface area contributed by atoms with Crippen LogP contribution in [0.25, 0.3) is 6.08 Å².